The van der Waals surface area contributed by atoms with Crippen LogP contribution in [0, 0.1) is 6.92 Å². The van der Waals surface area contributed by atoms with Gasteiger partial charge in [0.2, 0.25) is 5.13 Å². The number of nitrogens with one attached hydrogen (secondary N) is 1. The van der Waals surface area contributed by atoms with Crippen molar-refractivity contribution in [3.63, 3.8) is 0 Å². The van der Waals surface area contributed by atoms with E-state index in [0.29, 0.717) is 16.6 Å². The van der Waals surface area contributed by atoms with E-state index in [1.54, 1.807) is 31.4 Å². The fourth-order valence-corrected chi connectivity index (χ4v) is 1.95. The maximum Gasteiger partial charge on any atom is 0.264 e. The van der Waals surface area contributed by atoms with Gasteiger partial charge in [-0.15, -0.1) is 10.2 Å². The lowest BCUT2D eigenvalue weighted by atomic mass is 10.3. The van der Waals surface area contributed by atoms with Crippen LogP contribution in [0.25, 0.3) is 0 Å². The second kappa shape index (κ2) is 6.14. The third-order valence-corrected chi connectivity index (χ3v) is 2.94. The van der Waals surface area contributed by atoms with Crippen LogP contribution in [0.4, 0.5) is 5.13 Å². The van der Waals surface area contributed by atoms with Gasteiger partial charge in [0.15, 0.2) is 6.61 Å². The Morgan fingerprint density at radius 1 is 1.37 bits per heavy atom. The van der Waals surface area contributed by atoms with Gasteiger partial charge in [-0.3, -0.25) is 10.1 Å². The third kappa shape index (κ3) is 3.92. The smallest absolute Gasteiger partial charge is 0.264 e. The van der Waals surface area contributed by atoms with Gasteiger partial charge in [0, 0.05) is 6.07 Å². The summed E-state index contributed by atoms with van der Waals surface area (Å²) in [6.45, 7) is 1.73. The Hall–Kier alpha value is -2.15. The van der Waals surface area contributed by atoms with Gasteiger partial charge >= 0.3 is 0 Å². The highest BCUT2D eigenvalue weighted by molar-refractivity contribution is 7.15. The first kappa shape index (κ1) is 13.3. The van der Waals surface area contributed by atoms with E-state index in [1.165, 1.54) is 11.3 Å². The van der Waals surface area contributed by atoms with Gasteiger partial charge in [-0.2, -0.15) is 0 Å². The molecule has 6 nitrogen and oxygen atoms in total. The summed E-state index contributed by atoms with van der Waals surface area (Å²) in [6, 6.07) is 7.06. The Morgan fingerprint density at radius 2 is 2.16 bits per heavy atom. The summed E-state index contributed by atoms with van der Waals surface area (Å²) in [7, 11) is 1.57. The molecule has 0 atom stereocenters. The van der Waals surface area contributed by atoms with Crippen LogP contribution in [0.15, 0.2) is 24.3 Å². The maximum atomic E-state index is 11.6. The Morgan fingerprint density at radius 3 is 2.84 bits per heavy atom. The van der Waals surface area contributed by atoms with Gasteiger partial charge in [-0.25, -0.2) is 0 Å². The molecule has 0 fully saturated rings. The molecule has 2 aromatic rings. The van der Waals surface area contributed by atoms with E-state index in [9.17, 15) is 4.79 Å². The van der Waals surface area contributed by atoms with Crippen molar-refractivity contribution >= 4 is 22.4 Å². The predicted molar refractivity (Wildman–Crippen MR) is 71.8 cm³/mol. The number of anilines is 1. The molecule has 0 bridgehead atoms. The average molecular weight is 279 g/mol. The molecule has 1 N–H and O–H groups in total. The molecule has 0 aliphatic rings. The average Bonchev–Trinajstić information content (AvgIpc) is 2.82. The molecule has 19 heavy (non-hydrogen) atoms. The molecule has 0 aliphatic carbocycles. The lowest BCUT2D eigenvalue weighted by molar-refractivity contribution is -0.118. The summed E-state index contributed by atoms with van der Waals surface area (Å²) >= 11 is 1.31. The molecule has 0 aliphatic heterocycles. The van der Waals surface area contributed by atoms with Crippen molar-refractivity contribution in [3.8, 4) is 11.5 Å². The van der Waals surface area contributed by atoms with Crippen molar-refractivity contribution < 1.29 is 14.3 Å². The molecule has 1 aromatic heterocycles. The zero-order valence-electron chi connectivity index (χ0n) is 10.5. The van der Waals surface area contributed by atoms with Gasteiger partial charge in [0.05, 0.1) is 7.11 Å². The van der Waals surface area contributed by atoms with Crippen LogP contribution >= 0.6 is 11.3 Å². The molecule has 0 spiro atoms. The lowest BCUT2D eigenvalue weighted by Gasteiger charge is -2.06. The van der Waals surface area contributed by atoms with Crippen molar-refractivity contribution in [1.29, 1.82) is 0 Å². The van der Waals surface area contributed by atoms with Crippen molar-refractivity contribution in [2.45, 2.75) is 6.92 Å². The first-order valence-electron chi connectivity index (χ1n) is 5.54. The number of aryl methyl sites for hydroxylation is 1. The minimum atomic E-state index is -0.279. The molecule has 1 amide bonds. The third-order valence-electron chi connectivity index (χ3n) is 2.18. The summed E-state index contributed by atoms with van der Waals surface area (Å²) in [5, 5.41) is 11.5. The van der Waals surface area contributed by atoms with E-state index in [4.69, 9.17) is 9.47 Å². The maximum absolute atomic E-state index is 11.6. The van der Waals surface area contributed by atoms with Crippen molar-refractivity contribution in [3.05, 3.63) is 29.3 Å². The second-order valence-corrected chi connectivity index (χ2v) is 4.82. The highest BCUT2D eigenvalue weighted by atomic mass is 32.1. The summed E-state index contributed by atoms with van der Waals surface area (Å²) in [6.07, 6.45) is 0. The zero-order chi connectivity index (χ0) is 13.7. The largest absolute Gasteiger partial charge is 0.497 e. The van der Waals surface area contributed by atoms with E-state index in [0.717, 1.165) is 5.01 Å². The number of methoxy groups -OCH3 is 1. The van der Waals surface area contributed by atoms with E-state index in [-0.39, 0.29) is 12.5 Å². The van der Waals surface area contributed by atoms with Crippen LogP contribution in [0.1, 0.15) is 5.01 Å². The fourth-order valence-electron chi connectivity index (χ4n) is 1.34. The van der Waals surface area contributed by atoms with Gasteiger partial charge in [0.1, 0.15) is 16.5 Å². The number of amides is 1. The number of ether oxygens (including phenoxy) is 2. The molecule has 0 radical (unpaired) electrons. The number of rotatable bonds is 5. The highest BCUT2D eigenvalue weighted by Crippen LogP contribution is 2.19. The lowest BCUT2D eigenvalue weighted by Crippen LogP contribution is -2.20. The van der Waals surface area contributed by atoms with Crippen LogP contribution in [0.5, 0.6) is 11.5 Å². The molecule has 0 saturated heterocycles. The van der Waals surface area contributed by atoms with Gasteiger partial charge < -0.3 is 9.47 Å². The minimum Gasteiger partial charge on any atom is -0.497 e. The number of benzene rings is 1. The normalized spacial score (nSPS) is 10.0. The van der Waals surface area contributed by atoms with E-state index < -0.39 is 0 Å². The number of carbonyl (C=O) groups excluding carboxylic acids is 1. The van der Waals surface area contributed by atoms with Crippen LogP contribution < -0.4 is 14.8 Å². The number of carbonyl (C=O) groups is 1. The van der Waals surface area contributed by atoms with Gasteiger partial charge in [0.25, 0.3) is 5.91 Å². The zero-order valence-corrected chi connectivity index (χ0v) is 11.4. The number of nitrogens with zero attached hydrogens (tertiary/aromatic N) is 2. The van der Waals surface area contributed by atoms with Gasteiger partial charge in [-0.1, -0.05) is 17.4 Å². The monoisotopic (exact) mass is 279 g/mol. The number of hydrogen-bond acceptors (Lipinski definition) is 6. The molecule has 2 rings (SSSR count). The SMILES string of the molecule is COc1cccc(OCC(=O)Nc2nnc(C)s2)c1. The first-order valence-corrected chi connectivity index (χ1v) is 6.36. The van der Waals surface area contributed by atoms with Crippen LogP contribution in [-0.4, -0.2) is 29.8 Å². The second-order valence-electron chi connectivity index (χ2n) is 3.64. The molecule has 7 heteroatoms. The van der Waals surface area contributed by atoms with Crippen molar-refractivity contribution in [2.75, 3.05) is 19.0 Å². The summed E-state index contributed by atoms with van der Waals surface area (Å²) in [5.74, 6) is 0.972. The Balaban J connectivity index is 1.86. The molecular weight excluding hydrogens is 266 g/mol. The summed E-state index contributed by atoms with van der Waals surface area (Å²) in [4.78, 5) is 11.6. The number of hydrogen-bond donors (Lipinski definition) is 1. The topological polar surface area (TPSA) is 73.3 Å². The molecule has 0 unspecified atom stereocenters. The Kier molecular flexibility index (Phi) is 4.30. The van der Waals surface area contributed by atoms with Crippen LogP contribution in [-0.2, 0) is 4.79 Å². The molecule has 1 heterocycles. The Labute approximate surface area is 114 Å². The van der Waals surface area contributed by atoms with Gasteiger partial charge in [-0.05, 0) is 19.1 Å². The van der Waals surface area contributed by atoms with Crippen LogP contribution in [0.2, 0.25) is 0 Å². The van der Waals surface area contributed by atoms with Crippen molar-refractivity contribution in [1.82, 2.24) is 10.2 Å². The Bertz CT molecular complexity index is 571. The highest BCUT2D eigenvalue weighted by Gasteiger charge is 2.07. The van der Waals surface area contributed by atoms with Crippen LogP contribution in [0.3, 0.4) is 0 Å². The molecule has 0 saturated carbocycles. The summed E-state index contributed by atoms with van der Waals surface area (Å²) < 4.78 is 10.4. The number of aromatic nitrogens is 2. The molecule has 1 aromatic carbocycles. The standard InChI is InChI=1S/C12H13N3O3S/c1-8-14-15-12(19-8)13-11(16)7-18-10-5-3-4-9(6-10)17-2/h3-6H,7H2,1-2H3,(H,13,15,16). The first-order chi connectivity index (χ1) is 9.17. The van der Waals surface area contributed by atoms with E-state index in [1.807, 2.05) is 6.92 Å². The summed E-state index contributed by atoms with van der Waals surface area (Å²) in [5.41, 5.74) is 0. The fraction of sp³-hybridized carbons (Fsp3) is 0.250. The molecular formula is C12H13N3O3S. The van der Waals surface area contributed by atoms with E-state index in [2.05, 4.69) is 15.5 Å². The molecule has 100 valence electrons. The predicted octanol–water partition coefficient (Wildman–Crippen LogP) is 1.87. The van der Waals surface area contributed by atoms with Crippen molar-refractivity contribution in [2.24, 2.45) is 0 Å². The quantitative estimate of drug-likeness (QED) is 0.904. The minimum absolute atomic E-state index is 0.0915. The van der Waals surface area contributed by atoms with E-state index >= 15 is 0 Å².